The molecule has 2 aliphatic rings. The lowest BCUT2D eigenvalue weighted by Crippen LogP contribution is -2.34. The lowest BCUT2D eigenvalue weighted by molar-refractivity contribution is 0.217. The standard InChI is InChI=1S/C23H33NO2.C3H6/c1-13-7-8-19(21-10-15(3)24-12-22(13)21)23-14(2)9-18(26-6)11-20(16(23)4)17(5)25;1-3-2/h7-9,14-15,17,23-25H,10-12H2,1-6H3;3H,1H2,2H3/t14-,15?,17?,23?;/m1./s1. The topological polar surface area (TPSA) is 41.5 Å². The van der Waals surface area contributed by atoms with Gasteiger partial charge in [0.15, 0.2) is 0 Å². The zero-order valence-electron chi connectivity index (χ0n) is 19.3. The number of methoxy groups -OCH3 is 1. The first-order valence-corrected chi connectivity index (χ1v) is 10.8. The van der Waals surface area contributed by atoms with Gasteiger partial charge in [0, 0.05) is 24.9 Å². The second-order valence-corrected chi connectivity index (χ2v) is 8.56. The molecular weight excluding hydrogens is 358 g/mol. The van der Waals surface area contributed by atoms with Crippen LogP contribution in [-0.4, -0.2) is 24.4 Å². The highest BCUT2D eigenvalue weighted by Gasteiger charge is 2.31. The molecule has 3 nitrogen and oxygen atoms in total. The third-order valence-electron chi connectivity index (χ3n) is 6.25. The summed E-state index contributed by atoms with van der Waals surface area (Å²) < 4.78 is 5.61. The molecule has 1 heterocycles. The lowest BCUT2D eigenvalue weighted by Gasteiger charge is -2.32. The summed E-state index contributed by atoms with van der Waals surface area (Å²) in [5.41, 5.74) is 8.16. The van der Waals surface area contributed by atoms with Crippen LogP contribution < -0.4 is 5.32 Å². The maximum absolute atomic E-state index is 10.4. The van der Waals surface area contributed by atoms with Crippen LogP contribution in [0.3, 0.4) is 0 Å². The number of hydrogen-bond acceptors (Lipinski definition) is 3. The van der Waals surface area contributed by atoms with Gasteiger partial charge in [-0.25, -0.2) is 0 Å². The summed E-state index contributed by atoms with van der Waals surface area (Å²) in [4.78, 5) is 0. The predicted molar refractivity (Wildman–Crippen MR) is 123 cm³/mol. The highest BCUT2D eigenvalue weighted by atomic mass is 16.5. The van der Waals surface area contributed by atoms with Crippen molar-refractivity contribution in [3.8, 4) is 0 Å². The van der Waals surface area contributed by atoms with E-state index in [9.17, 15) is 5.11 Å². The molecule has 2 N–H and O–H groups in total. The fourth-order valence-corrected chi connectivity index (χ4v) is 4.76. The van der Waals surface area contributed by atoms with Crippen molar-refractivity contribution >= 4 is 0 Å². The third kappa shape index (κ3) is 5.21. The van der Waals surface area contributed by atoms with Gasteiger partial charge in [-0.05, 0) is 80.9 Å². The van der Waals surface area contributed by atoms with Crippen LogP contribution in [0.4, 0.5) is 0 Å². The van der Waals surface area contributed by atoms with Crippen molar-refractivity contribution in [1.29, 1.82) is 0 Å². The molecule has 0 amide bonds. The van der Waals surface area contributed by atoms with Crippen molar-refractivity contribution in [2.24, 2.45) is 5.92 Å². The fraction of sp³-hybridized carbons (Fsp3) is 0.538. The number of ether oxygens (including phenoxy) is 1. The van der Waals surface area contributed by atoms with E-state index < -0.39 is 6.10 Å². The normalized spacial score (nSPS) is 25.1. The van der Waals surface area contributed by atoms with Gasteiger partial charge in [-0.1, -0.05) is 30.7 Å². The second-order valence-electron chi connectivity index (χ2n) is 8.56. The van der Waals surface area contributed by atoms with Crippen LogP contribution in [0, 0.1) is 12.8 Å². The first kappa shape index (κ1) is 23.4. The molecule has 1 aliphatic carbocycles. The second kappa shape index (κ2) is 10.3. The summed E-state index contributed by atoms with van der Waals surface area (Å²) in [5.74, 6) is 1.58. The Balaban J connectivity index is 0.000000941. The van der Waals surface area contributed by atoms with Gasteiger partial charge in [-0.2, -0.15) is 0 Å². The maximum atomic E-state index is 10.4. The first-order chi connectivity index (χ1) is 13.7. The average molecular weight is 398 g/mol. The van der Waals surface area contributed by atoms with E-state index in [0.29, 0.717) is 18.4 Å². The van der Waals surface area contributed by atoms with Crippen LogP contribution in [0.2, 0.25) is 0 Å². The smallest absolute Gasteiger partial charge is 0.0960 e. The number of hydrogen-bond donors (Lipinski definition) is 2. The number of aryl methyl sites for hydroxylation is 1. The molecule has 0 saturated heterocycles. The van der Waals surface area contributed by atoms with Crippen molar-refractivity contribution in [3.63, 3.8) is 0 Å². The van der Waals surface area contributed by atoms with Crippen LogP contribution in [0.25, 0.3) is 0 Å². The van der Waals surface area contributed by atoms with E-state index in [-0.39, 0.29) is 5.92 Å². The summed E-state index contributed by atoms with van der Waals surface area (Å²) in [7, 11) is 1.73. The van der Waals surface area contributed by atoms with E-state index >= 15 is 0 Å². The monoisotopic (exact) mass is 397 g/mol. The number of nitrogens with one attached hydrogen (secondary N) is 1. The molecule has 29 heavy (non-hydrogen) atoms. The molecule has 1 aromatic carbocycles. The van der Waals surface area contributed by atoms with Crippen molar-refractivity contribution in [2.45, 2.75) is 79.0 Å². The molecule has 4 atom stereocenters. The minimum absolute atomic E-state index is 0.284. The van der Waals surface area contributed by atoms with E-state index in [2.05, 4.69) is 57.8 Å². The molecule has 3 unspecified atom stereocenters. The summed E-state index contributed by atoms with van der Waals surface area (Å²) >= 11 is 0. The van der Waals surface area contributed by atoms with Crippen molar-refractivity contribution in [1.82, 2.24) is 5.32 Å². The van der Waals surface area contributed by atoms with E-state index in [0.717, 1.165) is 24.3 Å². The van der Waals surface area contributed by atoms with Crippen molar-refractivity contribution < 1.29 is 9.84 Å². The minimum atomic E-state index is -0.455. The highest BCUT2D eigenvalue weighted by Crippen LogP contribution is 2.43. The van der Waals surface area contributed by atoms with Crippen LogP contribution in [0.1, 0.15) is 69.2 Å². The van der Waals surface area contributed by atoms with E-state index in [1.54, 1.807) is 13.2 Å². The number of fused-ring (bicyclic) bond motifs is 1. The molecule has 0 fully saturated rings. The molecule has 160 valence electrons. The Hall–Kier alpha value is -1.84. The minimum Gasteiger partial charge on any atom is -0.501 e. The maximum Gasteiger partial charge on any atom is 0.0960 e. The Morgan fingerprint density at radius 2 is 1.90 bits per heavy atom. The predicted octanol–water partition coefficient (Wildman–Crippen LogP) is 5.57. The van der Waals surface area contributed by atoms with Gasteiger partial charge < -0.3 is 15.2 Å². The number of rotatable bonds is 3. The quantitative estimate of drug-likeness (QED) is 0.655. The summed E-state index contributed by atoms with van der Waals surface area (Å²) in [6.45, 7) is 17.0. The molecule has 0 saturated carbocycles. The molecule has 3 heteroatoms. The number of aliphatic hydroxyl groups is 1. The lowest BCUT2D eigenvalue weighted by atomic mass is 9.75. The number of allylic oxidation sites excluding steroid dienone is 4. The largest absolute Gasteiger partial charge is 0.501 e. The Bertz CT molecular complexity index is 788. The van der Waals surface area contributed by atoms with Gasteiger partial charge in [0.1, 0.15) is 0 Å². The van der Waals surface area contributed by atoms with Crippen molar-refractivity contribution in [2.75, 3.05) is 7.11 Å². The van der Waals surface area contributed by atoms with Gasteiger partial charge in [-0.3, -0.25) is 0 Å². The Labute approximate surface area is 177 Å². The highest BCUT2D eigenvalue weighted by molar-refractivity contribution is 5.48. The SMILES string of the molecule is C=CC.COC1=C[C@@H](C)C(c2ccc(C)c3c2CC(C)NC3)C(C)=C(C(C)O)C1. The van der Waals surface area contributed by atoms with Gasteiger partial charge in [0.25, 0.3) is 0 Å². The molecule has 3 rings (SSSR count). The van der Waals surface area contributed by atoms with Crippen LogP contribution in [0.15, 0.2) is 47.8 Å². The number of aliphatic hydroxyl groups excluding tert-OH is 1. The zero-order chi connectivity index (χ0) is 21.7. The molecule has 1 aliphatic heterocycles. The molecule has 0 aromatic heterocycles. The molecule has 0 spiro atoms. The van der Waals surface area contributed by atoms with Gasteiger partial charge in [-0.15, -0.1) is 6.58 Å². The van der Waals surface area contributed by atoms with E-state index in [4.69, 9.17) is 4.74 Å². The number of benzene rings is 1. The summed E-state index contributed by atoms with van der Waals surface area (Å²) in [6.07, 6.45) is 5.31. The Morgan fingerprint density at radius 3 is 2.48 bits per heavy atom. The molecule has 1 aromatic rings. The average Bonchev–Trinajstić information content (AvgIpc) is 2.79. The summed E-state index contributed by atoms with van der Waals surface area (Å²) in [5, 5.41) is 14.0. The van der Waals surface area contributed by atoms with Crippen molar-refractivity contribution in [3.05, 3.63) is 70.0 Å². The van der Waals surface area contributed by atoms with E-state index in [1.165, 1.54) is 27.8 Å². The molecule has 0 radical (unpaired) electrons. The van der Waals surface area contributed by atoms with Crippen LogP contribution in [0.5, 0.6) is 0 Å². The Morgan fingerprint density at radius 1 is 1.24 bits per heavy atom. The third-order valence-corrected chi connectivity index (χ3v) is 6.25. The van der Waals surface area contributed by atoms with Crippen LogP contribution >= 0.6 is 0 Å². The van der Waals surface area contributed by atoms with Gasteiger partial charge in [0.2, 0.25) is 0 Å². The van der Waals surface area contributed by atoms with Gasteiger partial charge in [0.05, 0.1) is 19.0 Å². The summed E-state index contributed by atoms with van der Waals surface area (Å²) in [6, 6.07) is 5.08. The zero-order valence-corrected chi connectivity index (χ0v) is 19.3. The Kier molecular flexibility index (Phi) is 8.30. The van der Waals surface area contributed by atoms with Crippen LogP contribution in [-0.2, 0) is 17.7 Å². The fourth-order valence-electron chi connectivity index (χ4n) is 4.76. The first-order valence-electron chi connectivity index (χ1n) is 10.8. The van der Waals surface area contributed by atoms with Gasteiger partial charge >= 0.3 is 0 Å². The molecular formula is C26H39NO2. The molecule has 0 bridgehead atoms. The van der Waals surface area contributed by atoms with E-state index in [1.807, 2.05) is 13.8 Å².